The zero-order valence-corrected chi connectivity index (χ0v) is 11.8. The molecule has 0 bridgehead atoms. The van der Waals surface area contributed by atoms with E-state index in [-0.39, 0.29) is 12.5 Å². The predicted molar refractivity (Wildman–Crippen MR) is 78.4 cm³/mol. The van der Waals surface area contributed by atoms with E-state index >= 15 is 0 Å². The van der Waals surface area contributed by atoms with Crippen molar-refractivity contribution in [2.75, 3.05) is 6.61 Å². The van der Waals surface area contributed by atoms with Crippen LogP contribution >= 0.6 is 11.3 Å². The Kier molecular flexibility index (Phi) is 4.88. The van der Waals surface area contributed by atoms with E-state index in [1.807, 2.05) is 31.2 Å². The van der Waals surface area contributed by atoms with Gasteiger partial charge >= 0.3 is 0 Å². The normalized spacial score (nSPS) is 9.70. The molecule has 2 N–H and O–H groups in total. The summed E-state index contributed by atoms with van der Waals surface area (Å²) in [7, 11) is 0. The maximum Gasteiger partial charge on any atom is 0.271 e. The lowest BCUT2D eigenvalue weighted by atomic mass is 10.1. The number of aliphatic hydroxyl groups excluding tert-OH is 1. The van der Waals surface area contributed by atoms with Crippen molar-refractivity contribution < 1.29 is 9.90 Å². The maximum absolute atomic E-state index is 11.9. The summed E-state index contributed by atoms with van der Waals surface area (Å²) >= 11 is 1.45. The second-order valence-electron chi connectivity index (χ2n) is 4.09. The third-order valence-electron chi connectivity index (χ3n) is 2.54. The Morgan fingerprint density at radius 2 is 2.35 bits per heavy atom. The summed E-state index contributed by atoms with van der Waals surface area (Å²) in [6.07, 6.45) is 0. The maximum atomic E-state index is 11.9. The molecule has 4 nitrogen and oxygen atoms in total. The lowest BCUT2D eigenvalue weighted by molar-refractivity contribution is 0.0946. The van der Waals surface area contributed by atoms with E-state index < -0.39 is 0 Å². The van der Waals surface area contributed by atoms with Crippen molar-refractivity contribution in [3.8, 4) is 11.8 Å². The second-order valence-corrected chi connectivity index (χ2v) is 5.16. The zero-order valence-electron chi connectivity index (χ0n) is 11.0. The van der Waals surface area contributed by atoms with E-state index in [2.05, 4.69) is 22.1 Å². The number of carbonyl (C=O) groups is 1. The van der Waals surface area contributed by atoms with Gasteiger partial charge in [0.1, 0.15) is 12.3 Å². The fraction of sp³-hybridized carbons (Fsp3) is 0.200. The second kappa shape index (κ2) is 6.85. The van der Waals surface area contributed by atoms with Crippen molar-refractivity contribution in [1.82, 2.24) is 10.3 Å². The van der Waals surface area contributed by atoms with Crippen molar-refractivity contribution >= 4 is 17.2 Å². The molecule has 0 radical (unpaired) electrons. The van der Waals surface area contributed by atoms with Crippen molar-refractivity contribution in [3.05, 3.63) is 51.5 Å². The number of carbonyl (C=O) groups excluding carboxylic acids is 1. The number of benzene rings is 1. The number of hydrogen-bond donors (Lipinski definition) is 2. The third kappa shape index (κ3) is 3.92. The number of aliphatic hydroxyl groups is 1. The lowest BCUT2D eigenvalue weighted by Crippen LogP contribution is -2.23. The van der Waals surface area contributed by atoms with Crippen molar-refractivity contribution in [1.29, 1.82) is 0 Å². The molecule has 1 aromatic carbocycles. The highest BCUT2D eigenvalue weighted by Crippen LogP contribution is 2.08. The SMILES string of the molecule is Cc1nc(C(=O)NCc2cccc(C#CCO)c2)cs1. The van der Waals surface area contributed by atoms with Gasteiger partial charge in [-0.25, -0.2) is 4.98 Å². The molecule has 0 aliphatic rings. The monoisotopic (exact) mass is 286 g/mol. The minimum Gasteiger partial charge on any atom is -0.384 e. The fourth-order valence-corrected chi connectivity index (χ4v) is 2.23. The number of aryl methyl sites for hydroxylation is 1. The molecule has 102 valence electrons. The Balaban J connectivity index is 1.98. The molecule has 20 heavy (non-hydrogen) atoms. The lowest BCUT2D eigenvalue weighted by Gasteiger charge is -2.04. The summed E-state index contributed by atoms with van der Waals surface area (Å²) in [6.45, 7) is 2.12. The van der Waals surface area contributed by atoms with Crippen molar-refractivity contribution in [2.24, 2.45) is 0 Å². The van der Waals surface area contributed by atoms with Crippen molar-refractivity contribution in [3.63, 3.8) is 0 Å². The van der Waals surface area contributed by atoms with Gasteiger partial charge in [-0.3, -0.25) is 4.79 Å². The number of thiazole rings is 1. The summed E-state index contributed by atoms with van der Waals surface area (Å²) in [5.74, 6) is 5.25. The Bertz CT molecular complexity index is 668. The highest BCUT2D eigenvalue weighted by Gasteiger charge is 2.08. The van der Waals surface area contributed by atoms with Crippen LogP contribution in [0.4, 0.5) is 0 Å². The molecule has 0 fully saturated rings. The molecule has 0 aliphatic heterocycles. The molecular weight excluding hydrogens is 272 g/mol. The van der Waals surface area contributed by atoms with Crippen LogP contribution in [-0.4, -0.2) is 22.6 Å². The standard InChI is InChI=1S/C15H14N2O2S/c1-11-17-14(10-20-11)15(19)16-9-13-5-2-4-12(8-13)6-3-7-18/h2,4-5,8,10,18H,7,9H2,1H3,(H,16,19). The van der Waals surface area contributed by atoms with Gasteiger partial charge in [-0.1, -0.05) is 24.0 Å². The van der Waals surface area contributed by atoms with Gasteiger partial charge in [0, 0.05) is 17.5 Å². The van der Waals surface area contributed by atoms with Crippen LogP contribution < -0.4 is 5.32 Å². The molecule has 2 rings (SSSR count). The van der Waals surface area contributed by atoms with Crippen LogP contribution in [-0.2, 0) is 6.54 Å². The van der Waals surface area contributed by atoms with Crippen LogP contribution in [0.25, 0.3) is 0 Å². The van der Waals surface area contributed by atoms with E-state index in [0.717, 1.165) is 16.1 Å². The molecule has 1 amide bonds. The predicted octanol–water partition coefficient (Wildman–Crippen LogP) is 1.73. The highest BCUT2D eigenvalue weighted by atomic mass is 32.1. The molecule has 0 saturated carbocycles. The average molecular weight is 286 g/mol. The van der Waals surface area contributed by atoms with Crippen LogP contribution in [0.5, 0.6) is 0 Å². The van der Waals surface area contributed by atoms with Crippen LogP contribution in [0.3, 0.4) is 0 Å². The zero-order chi connectivity index (χ0) is 14.4. The molecular formula is C15H14N2O2S. The average Bonchev–Trinajstić information content (AvgIpc) is 2.90. The topological polar surface area (TPSA) is 62.2 Å². The summed E-state index contributed by atoms with van der Waals surface area (Å²) < 4.78 is 0. The van der Waals surface area contributed by atoms with Crippen LogP contribution in [0.2, 0.25) is 0 Å². The summed E-state index contributed by atoms with van der Waals surface area (Å²) in [5.41, 5.74) is 2.22. The molecule has 0 atom stereocenters. The molecule has 2 aromatic rings. The Labute approximate surface area is 121 Å². The Morgan fingerprint density at radius 1 is 1.50 bits per heavy atom. The Morgan fingerprint density at radius 3 is 3.05 bits per heavy atom. The minimum absolute atomic E-state index is 0.163. The van der Waals surface area contributed by atoms with Gasteiger partial charge in [-0.15, -0.1) is 11.3 Å². The van der Waals surface area contributed by atoms with E-state index in [1.165, 1.54) is 11.3 Å². The number of nitrogens with zero attached hydrogens (tertiary/aromatic N) is 1. The first-order valence-corrected chi connectivity index (χ1v) is 6.96. The number of hydrogen-bond acceptors (Lipinski definition) is 4. The van der Waals surface area contributed by atoms with Gasteiger partial charge in [-0.05, 0) is 24.6 Å². The summed E-state index contributed by atoms with van der Waals surface area (Å²) in [4.78, 5) is 16.0. The summed E-state index contributed by atoms with van der Waals surface area (Å²) in [6, 6.07) is 7.53. The Hall–Kier alpha value is -2.16. The molecule has 0 saturated heterocycles. The van der Waals surface area contributed by atoms with Crippen LogP contribution in [0.15, 0.2) is 29.6 Å². The highest BCUT2D eigenvalue weighted by molar-refractivity contribution is 7.09. The largest absolute Gasteiger partial charge is 0.384 e. The molecule has 1 heterocycles. The van der Waals surface area contributed by atoms with E-state index in [1.54, 1.807) is 5.38 Å². The molecule has 0 aliphatic carbocycles. The van der Waals surface area contributed by atoms with Gasteiger partial charge < -0.3 is 10.4 Å². The number of nitrogens with one attached hydrogen (secondary N) is 1. The van der Waals surface area contributed by atoms with Crippen LogP contribution in [0, 0.1) is 18.8 Å². The smallest absolute Gasteiger partial charge is 0.271 e. The minimum atomic E-state index is -0.179. The molecule has 0 unspecified atom stereocenters. The van der Waals surface area contributed by atoms with Gasteiger partial charge in [0.2, 0.25) is 0 Å². The first-order chi connectivity index (χ1) is 9.69. The number of amides is 1. The van der Waals surface area contributed by atoms with E-state index in [9.17, 15) is 4.79 Å². The summed E-state index contributed by atoms with van der Waals surface area (Å²) in [5, 5.41) is 14.1. The fourth-order valence-electron chi connectivity index (χ4n) is 1.64. The van der Waals surface area contributed by atoms with Gasteiger partial charge in [0.05, 0.1) is 5.01 Å². The molecule has 5 heteroatoms. The number of aromatic nitrogens is 1. The first-order valence-electron chi connectivity index (χ1n) is 6.08. The van der Waals surface area contributed by atoms with Crippen molar-refractivity contribution in [2.45, 2.75) is 13.5 Å². The number of rotatable bonds is 3. The van der Waals surface area contributed by atoms with E-state index in [4.69, 9.17) is 5.11 Å². The molecule has 0 spiro atoms. The molecule has 1 aromatic heterocycles. The van der Waals surface area contributed by atoms with Gasteiger partial charge in [0.15, 0.2) is 0 Å². The van der Waals surface area contributed by atoms with Gasteiger partial charge in [0.25, 0.3) is 5.91 Å². The van der Waals surface area contributed by atoms with Gasteiger partial charge in [-0.2, -0.15) is 0 Å². The third-order valence-corrected chi connectivity index (χ3v) is 3.32. The first kappa shape index (κ1) is 14.3. The van der Waals surface area contributed by atoms with Crippen LogP contribution in [0.1, 0.15) is 26.6 Å². The van der Waals surface area contributed by atoms with E-state index in [0.29, 0.717) is 12.2 Å². The quantitative estimate of drug-likeness (QED) is 0.845.